The average Bonchev–Trinajstić information content (AvgIpc) is 3.48. The number of Topliss-reactive ketones (excluding diaryl/α,β-unsaturated/α-hetero) is 1. The maximum absolute atomic E-state index is 15.2. The van der Waals surface area contributed by atoms with E-state index in [2.05, 4.69) is 0 Å². The van der Waals surface area contributed by atoms with E-state index in [4.69, 9.17) is 5.73 Å². The molecule has 0 amide bonds. The number of pyridine rings is 1. The standard InChI is InChI=1S/C22H21FN4O4/c23-17-7-15-18(8-19(17)25-9-13-3-1-2-6-22(13,24)12-25)26(14-4-5-14)10-16(21(15)29)20(28)11-27(30)31/h1-3,6-8,10,13-14H,4-5,9,11-12,24H2. The van der Waals surface area contributed by atoms with Crippen molar-refractivity contribution in [3.63, 3.8) is 0 Å². The molecular weight excluding hydrogens is 403 g/mol. The largest absolute Gasteiger partial charge is 0.366 e. The molecule has 0 spiro atoms. The van der Waals surface area contributed by atoms with Crippen molar-refractivity contribution >= 4 is 22.4 Å². The topological polar surface area (TPSA) is 111 Å². The molecule has 160 valence electrons. The number of anilines is 1. The SMILES string of the molecule is NC12C=CC=CC1CN(c1cc3c(cc1F)c(=O)c(C(=O)C[N+](=O)[O-])cn3C1CC1)C2. The normalized spacial score (nSPS) is 24.6. The zero-order valence-corrected chi connectivity index (χ0v) is 16.7. The van der Waals surface area contributed by atoms with Gasteiger partial charge in [-0.25, -0.2) is 4.39 Å². The van der Waals surface area contributed by atoms with Crippen molar-refractivity contribution in [2.45, 2.75) is 24.4 Å². The average molecular weight is 424 g/mol. The first kappa shape index (κ1) is 19.6. The van der Waals surface area contributed by atoms with E-state index < -0.39 is 34.0 Å². The molecule has 1 aliphatic heterocycles. The molecule has 0 radical (unpaired) electrons. The van der Waals surface area contributed by atoms with Gasteiger partial charge < -0.3 is 15.2 Å². The summed E-state index contributed by atoms with van der Waals surface area (Å²) in [4.78, 5) is 37.1. The van der Waals surface area contributed by atoms with Crippen LogP contribution in [0.15, 0.2) is 47.4 Å². The number of ketones is 1. The van der Waals surface area contributed by atoms with Gasteiger partial charge in [0.1, 0.15) is 5.82 Å². The fourth-order valence-corrected chi connectivity index (χ4v) is 4.61. The Morgan fingerprint density at radius 2 is 2.10 bits per heavy atom. The summed E-state index contributed by atoms with van der Waals surface area (Å²) in [5.74, 6) is -1.40. The van der Waals surface area contributed by atoms with Crippen LogP contribution in [0.4, 0.5) is 10.1 Å². The van der Waals surface area contributed by atoms with Crippen LogP contribution in [0.5, 0.6) is 0 Å². The summed E-state index contributed by atoms with van der Waals surface area (Å²) in [5.41, 5.74) is 5.86. The van der Waals surface area contributed by atoms with Crippen molar-refractivity contribution in [3.8, 4) is 0 Å². The van der Waals surface area contributed by atoms with E-state index in [1.165, 1.54) is 6.20 Å². The van der Waals surface area contributed by atoms with Crippen molar-refractivity contribution in [1.29, 1.82) is 0 Å². The highest BCUT2D eigenvalue weighted by Gasteiger charge is 2.42. The highest BCUT2D eigenvalue weighted by molar-refractivity contribution is 6.00. The number of aromatic nitrogens is 1. The first-order valence-corrected chi connectivity index (χ1v) is 10.2. The van der Waals surface area contributed by atoms with Gasteiger partial charge in [0.2, 0.25) is 11.2 Å². The molecule has 2 N–H and O–H groups in total. The Morgan fingerprint density at radius 1 is 1.32 bits per heavy atom. The van der Waals surface area contributed by atoms with Crippen molar-refractivity contribution in [3.05, 3.63) is 74.4 Å². The number of halogens is 1. The summed E-state index contributed by atoms with van der Waals surface area (Å²) in [6, 6.07) is 2.86. The van der Waals surface area contributed by atoms with Crippen LogP contribution in [0.2, 0.25) is 0 Å². The fourth-order valence-electron chi connectivity index (χ4n) is 4.61. The van der Waals surface area contributed by atoms with Crippen molar-refractivity contribution in [2.24, 2.45) is 11.7 Å². The number of nitrogens with two attached hydrogens (primary N) is 1. The summed E-state index contributed by atoms with van der Waals surface area (Å²) in [5, 5.41) is 10.8. The number of carbonyl (C=O) groups is 1. The lowest BCUT2D eigenvalue weighted by molar-refractivity contribution is -0.465. The minimum absolute atomic E-state index is 0.0559. The summed E-state index contributed by atoms with van der Waals surface area (Å²) in [6.07, 6.45) is 10.9. The highest BCUT2D eigenvalue weighted by atomic mass is 19.1. The van der Waals surface area contributed by atoms with Crippen LogP contribution in [0.25, 0.3) is 10.9 Å². The number of nitrogens with zero attached hydrogens (tertiary/aromatic N) is 3. The Labute approximate surface area is 176 Å². The third-order valence-corrected chi connectivity index (χ3v) is 6.39. The van der Waals surface area contributed by atoms with Crippen molar-refractivity contribution < 1.29 is 14.1 Å². The Bertz CT molecular complexity index is 1250. The molecule has 2 heterocycles. The molecule has 5 rings (SSSR count). The molecule has 1 saturated heterocycles. The van der Waals surface area contributed by atoms with Gasteiger partial charge in [-0.15, -0.1) is 0 Å². The monoisotopic (exact) mass is 424 g/mol. The van der Waals surface area contributed by atoms with E-state index in [-0.39, 0.29) is 22.9 Å². The zero-order chi connectivity index (χ0) is 21.9. The van der Waals surface area contributed by atoms with E-state index in [1.807, 2.05) is 29.2 Å². The molecule has 31 heavy (non-hydrogen) atoms. The highest BCUT2D eigenvalue weighted by Crippen LogP contribution is 2.40. The second-order valence-corrected chi connectivity index (χ2v) is 8.59. The molecule has 9 heteroatoms. The maximum atomic E-state index is 15.2. The number of fused-ring (bicyclic) bond motifs is 2. The molecule has 8 nitrogen and oxygen atoms in total. The van der Waals surface area contributed by atoms with Gasteiger partial charge in [-0.2, -0.15) is 0 Å². The van der Waals surface area contributed by atoms with E-state index in [0.29, 0.717) is 24.3 Å². The van der Waals surface area contributed by atoms with Crippen LogP contribution in [0.1, 0.15) is 29.2 Å². The first-order chi connectivity index (χ1) is 14.8. The molecule has 2 aliphatic carbocycles. The fraction of sp³-hybridized carbons (Fsp3) is 0.364. The van der Waals surface area contributed by atoms with Gasteiger partial charge in [0.25, 0.3) is 6.54 Å². The quantitative estimate of drug-likeness (QED) is 0.447. The second kappa shape index (κ2) is 6.84. The van der Waals surface area contributed by atoms with Crippen LogP contribution >= 0.6 is 0 Å². The molecule has 1 saturated carbocycles. The lowest BCUT2D eigenvalue weighted by Crippen LogP contribution is -2.46. The van der Waals surface area contributed by atoms with Gasteiger partial charge >= 0.3 is 0 Å². The minimum atomic E-state index is -0.971. The number of nitro groups is 1. The lowest BCUT2D eigenvalue weighted by atomic mass is 9.85. The summed E-state index contributed by atoms with van der Waals surface area (Å²) >= 11 is 0. The number of carbonyl (C=O) groups excluding carboxylic acids is 1. The van der Waals surface area contributed by atoms with Gasteiger partial charge in [-0.1, -0.05) is 24.3 Å². The van der Waals surface area contributed by atoms with Gasteiger partial charge in [-0.05, 0) is 25.0 Å². The number of allylic oxidation sites excluding steroid dienone is 2. The van der Waals surface area contributed by atoms with E-state index in [0.717, 1.165) is 18.9 Å². The lowest BCUT2D eigenvalue weighted by Gasteiger charge is -2.26. The minimum Gasteiger partial charge on any atom is -0.366 e. The predicted octanol–water partition coefficient (Wildman–Crippen LogP) is 2.19. The smallest absolute Gasteiger partial charge is 0.266 e. The molecular formula is C22H21FN4O4. The summed E-state index contributed by atoms with van der Waals surface area (Å²) in [6.45, 7) is 0.0155. The van der Waals surface area contributed by atoms with Crippen LogP contribution in [0, 0.1) is 21.8 Å². The Balaban J connectivity index is 1.63. The van der Waals surface area contributed by atoms with E-state index in [9.17, 15) is 19.7 Å². The molecule has 2 atom stereocenters. The third-order valence-electron chi connectivity index (χ3n) is 6.39. The van der Waals surface area contributed by atoms with Crippen LogP contribution < -0.4 is 16.1 Å². The second-order valence-electron chi connectivity index (χ2n) is 8.59. The Morgan fingerprint density at radius 3 is 2.77 bits per heavy atom. The van der Waals surface area contributed by atoms with Crippen molar-refractivity contribution in [1.82, 2.24) is 4.57 Å². The number of hydrogen-bond donors (Lipinski definition) is 1. The Hall–Kier alpha value is -3.33. The molecule has 2 unspecified atom stereocenters. The van der Waals surface area contributed by atoms with E-state index >= 15 is 4.39 Å². The number of benzene rings is 1. The van der Waals surface area contributed by atoms with Gasteiger partial charge in [0, 0.05) is 41.6 Å². The Kier molecular flexibility index (Phi) is 4.33. The molecule has 3 aliphatic rings. The van der Waals surface area contributed by atoms with Crippen molar-refractivity contribution in [2.75, 3.05) is 24.5 Å². The van der Waals surface area contributed by atoms with Gasteiger partial charge in [0.15, 0.2) is 0 Å². The van der Waals surface area contributed by atoms with Gasteiger partial charge in [-0.3, -0.25) is 19.7 Å². The molecule has 2 aromatic rings. The molecule has 0 bridgehead atoms. The third kappa shape index (κ3) is 3.25. The van der Waals surface area contributed by atoms with Crippen LogP contribution in [-0.4, -0.2) is 40.4 Å². The van der Waals surface area contributed by atoms with E-state index in [1.54, 1.807) is 10.6 Å². The predicted molar refractivity (Wildman–Crippen MR) is 114 cm³/mol. The molecule has 1 aromatic heterocycles. The maximum Gasteiger partial charge on any atom is 0.266 e. The van der Waals surface area contributed by atoms with Gasteiger partial charge in [0.05, 0.1) is 22.3 Å². The first-order valence-electron chi connectivity index (χ1n) is 10.2. The van der Waals surface area contributed by atoms with Crippen LogP contribution in [-0.2, 0) is 0 Å². The summed E-state index contributed by atoms with van der Waals surface area (Å²) < 4.78 is 17.0. The number of rotatable bonds is 5. The number of hydrogen-bond acceptors (Lipinski definition) is 6. The summed E-state index contributed by atoms with van der Waals surface area (Å²) in [7, 11) is 0. The molecule has 1 aromatic carbocycles. The molecule has 2 fully saturated rings. The zero-order valence-electron chi connectivity index (χ0n) is 16.7. The van der Waals surface area contributed by atoms with Crippen LogP contribution in [0.3, 0.4) is 0 Å².